The maximum atomic E-state index is 11.6. The highest BCUT2D eigenvalue weighted by Gasteiger charge is 2.29. The molecule has 0 aliphatic carbocycles. The standard InChI is InChI=1S/C14H17BrN2O3/c1-3-17(5-6-20-4-2)12-8-11-9(7-10(12)15)13(18)14(19)16-11/h7-8H,3-6H2,1-2H3,(H,16,18,19). The maximum absolute atomic E-state index is 11.6. The van der Waals surface area contributed by atoms with Crippen LogP contribution in [0.15, 0.2) is 16.6 Å². The van der Waals surface area contributed by atoms with E-state index in [1.54, 1.807) is 6.07 Å². The molecular formula is C14H17BrN2O3. The number of fused-ring (bicyclic) bond motifs is 1. The molecule has 0 atom stereocenters. The number of ketones is 1. The minimum Gasteiger partial charge on any atom is -0.380 e. The molecule has 0 aromatic heterocycles. The summed E-state index contributed by atoms with van der Waals surface area (Å²) in [5, 5.41) is 2.59. The molecule has 0 spiro atoms. The normalized spacial score (nSPS) is 13.3. The summed E-state index contributed by atoms with van der Waals surface area (Å²) in [4.78, 5) is 25.2. The van der Waals surface area contributed by atoms with E-state index in [9.17, 15) is 9.59 Å². The van der Waals surface area contributed by atoms with Crippen molar-refractivity contribution in [2.75, 3.05) is 36.5 Å². The highest BCUT2D eigenvalue weighted by molar-refractivity contribution is 9.10. The Balaban J connectivity index is 2.26. The summed E-state index contributed by atoms with van der Waals surface area (Å²) in [5.41, 5.74) is 1.94. The van der Waals surface area contributed by atoms with Gasteiger partial charge in [-0.3, -0.25) is 9.59 Å². The van der Waals surface area contributed by atoms with Crippen molar-refractivity contribution in [3.8, 4) is 0 Å². The third-order valence-electron chi connectivity index (χ3n) is 3.22. The number of halogens is 1. The van der Waals surface area contributed by atoms with Crippen LogP contribution in [0.25, 0.3) is 0 Å². The zero-order valence-electron chi connectivity index (χ0n) is 11.5. The Morgan fingerprint density at radius 1 is 1.30 bits per heavy atom. The number of amides is 1. The predicted octanol–water partition coefficient (Wildman–Crippen LogP) is 2.45. The number of Topliss-reactive ketones (excluding diaryl/α,β-unsaturated/α-hetero) is 1. The minimum absolute atomic E-state index is 0.423. The lowest BCUT2D eigenvalue weighted by Gasteiger charge is -2.24. The Kier molecular flexibility index (Phi) is 4.77. The van der Waals surface area contributed by atoms with E-state index >= 15 is 0 Å². The van der Waals surface area contributed by atoms with Gasteiger partial charge in [0.1, 0.15) is 0 Å². The van der Waals surface area contributed by atoms with E-state index in [0.717, 1.165) is 23.2 Å². The van der Waals surface area contributed by atoms with Crippen molar-refractivity contribution in [2.24, 2.45) is 0 Å². The van der Waals surface area contributed by atoms with Crippen LogP contribution < -0.4 is 10.2 Å². The van der Waals surface area contributed by atoms with E-state index < -0.39 is 11.7 Å². The van der Waals surface area contributed by atoms with Crippen LogP contribution in [0.4, 0.5) is 11.4 Å². The zero-order valence-corrected chi connectivity index (χ0v) is 13.1. The van der Waals surface area contributed by atoms with Gasteiger partial charge < -0.3 is 15.0 Å². The summed E-state index contributed by atoms with van der Waals surface area (Å²) in [7, 11) is 0. The summed E-state index contributed by atoms with van der Waals surface area (Å²) in [5.74, 6) is -1.05. The zero-order chi connectivity index (χ0) is 14.7. The first kappa shape index (κ1) is 15.0. The molecule has 0 radical (unpaired) electrons. The lowest BCUT2D eigenvalue weighted by atomic mass is 10.1. The summed E-state index contributed by atoms with van der Waals surface area (Å²) < 4.78 is 6.18. The summed E-state index contributed by atoms with van der Waals surface area (Å²) in [6, 6.07) is 3.53. The quantitative estimate of drug-likeness (QED) is 0.638. The highest BCUT2D eigenvalue weighted by Crippen LogP contribution is 2.35. The van der Waals surface area contributed by atoms with Crippen LogP contribution >= 0.6 is 15.9 Å². The predicted molar refractivity (Wildman–Crippen MR) is 81.5 cm³/mol. The third kappa shape index (κ3) is 2.86. The van der Waals surface area contributed by atoms with Crippen LogP contribution in [0.2, 0.25) is 0 Å². The second-order valence-electron chi connectivity index (χ2n) is 4.41. The van der Waals surface area contributed by atoms with Gasteiger partial charge in [-0.1, -0.05) is 0 Å². The topological polar surface area (TPSA) is 58.6 Å². The molecule has 1 amide bonds. The van der Waals surface area contributed by atoms with Crippen LogP contribution in [0, 0.1) is 0 Å². The average Bonchev–Trinajstić information content (AvgIpc) is 2.70. The molecule has 6 heteroatoms. The number of rotatable bonds is 6. The number of ether oxygens (including phenoxy) is 1. The van der Waals surface area contributed by atoms with Crippen molar-refractivity contribution in [2.45, 2.75) is 13.8 Å². The Bertz CT molecular complexity index is 545. The van der Waals surface area contributed by atoms with Crippen molar-refractivity contribution < 1.29 is 14.3 Å². The molecule has 1 N–H and O–H groups in total. The van der Waals surface area contributed by atoms with Gasteiger partial charge >= 0.3 is 0 Å². The van der Waals surface area contributed by atoms with Gasteiger partial charge in [-0.2, -0.15) is 0 Å². The molecule has 0 saturated carbocycles. The molecule has 1 aliphatic rings. The minimum atomic E-state index is -0.568. The van der Waals surface area contributed by atoms with Gasteiger partial charge in [-0.05, 0) is 41.9 Å². The van der Waals surface area contributed by atoms with E-state index in [-0.39, 0.29) is 0 Å². The van der Waals surface area contributed by atoms with Crippen molar-refractivity contribution in [1.29, 1.82) is 0 Å². The first-order chi connectivity index (χ1) is 9.58. The smallest absolute Gasteiger partial charge is 0.296 e. The molecule has 0 unspecified atom stereocenters. The molecule has 1 heterocycles. The Labute approximate surface area is 126 Å². The largest absolute Gasteiger partial charge is 0.380 e. The number of carbonyl (C=O) groups excluding carboxylic acids is 2. The van der Waals surface area contributed by atoms with Gasteiger partial charge in [0.05, 0.1) is 23.5 Å². The van der Waals surface area contributed by atoms with Crippen LogP contribution in [0.1, 0.15) is 24.2 Å². The second-order valence-corrected chi connectivity index (χ2v) is 5.26. The molecule has 1 aromatic carbocycles. The van der Waals surface area contributed by atoms with Crippen molar-refractivity contribution in [3.63, 3.8) is 0 Å². The number of carbonyl (C=O) groups is 2. The highest BCUT2D eigenvalue weighted by atomic mass is 79.9. The number of anilines is 2. The van der Waals surface area contributed by atoms with Crippen molar-refractivity contribution >= 4 is 39.0 Å². The Hall–Kier alpha value is -1.40. The van der Waals surface area contributed by atoms with Gasteiger partial charge in [0.15, 0.2) is 0 Å². The molecule has 5 nitrogen and oxygen atoms in total. The first-order valence-corrected chi connectivity index (χ1v) is 7.39. The SMILES string of the molecule is CCOCCN(CC)c1cc2c(cc1Br)C(=O)C(=O)N2. The van der Waals surface area contributed by atoms with E-state index in [1.165, 1.54) is 0 Å². The number of hydrogen-bond donors (Lipinski definition) is 1. The molecule has 108 valence electrons. The van der Waals surface area contributed by atoms with Crippen LogP contribution in [0.3, 0.4) is 0 Å². The lowest BCUT2D eigenvalue weighted by Crippen LogP contribution is -2.27. The number of likely N-dealkylation sites (N-methyl/N-ethyl adjacent to an activating group) is 1. The molecule has 1 aromatic rings. The van der Waals surface area contributed by atoms with E-state index in [1.807, 2.05) is 13.0 Å². The number of benzene rings is 1. The van der Waals surface area contributed by atoms with Gasteiger partial charge in [0.2, 0.25) is 0 Å². The van der Waals surface area contributed by atoms with E-state index in [0.29, 0.717) is 24.5 Å². The van der Waals surface area contributed by atoms with Gasteiger partial charge in [0, 0.05) is 24.2 Å². The summed E-state index contributed by atoms with van der Waals surface area (Å²) in [6.07, 6.45) is 0. The Morgan fingerprint density at radius 2 is 2.05 bits per heavy atom. The Morgan fingerprint density at radius 3 is 2.70 bits per heavy atom. The third-order valence-corrected chi connectivity index (χ3v) is 3.85. The molecule has 0 saturated heterocycles. The number of nitrogens with zero attached hydrogens (tertiary/aromatic N) is 1. The van der Waals surface area contributed by atoms with Crippen LogP contribution in [-0.2, 0) is 9.53 Å². The molecule has 0 fully saturated rings. The van der Waals surface area contributed by atoms with Gasteiger partial charge in [0.25, 0.3) is 11.7 Å². The average molecular weight is 341 g/mol. The first-order valence-electron chi connectivity index (χ1n) is 6.60. The van der Waals surface area contributed by atoms with E-state index in [4.69, 9.17) is 4.74 Å². The van der Waals surface area contributed by atoms with Crippen LogP contribution in [-0.4, -0.2) is 38.0 Å². The molecule has 20 heavy (non-hydrogen) atoms. The summed E-state index contributed by atoms with van der Waals surface area (Å²) in [6.45, 7) is 6.90. The second kappa shape index (κ2) is 6.37. The van der Waals surface area contributed by atoms with Gasteiger partial charge in [-0.15, -0.1) is 0 Å². The lowest BCUT2D eigenvalue weighted by molar-refractivity contribution is -0.112. The number of nitrogens with one attached hydrogen (secondary N) is 1. The molecular weight excluding hydrogens is 324 g/mol. The monoisotopic (exact) mass is 340 g/mol. The fourth-order valence-corrected chi connectivity index (χ4v) is 2.76. The van der Waals surface area contributed by atoms with E-state index in [2.05, 4.69) is 33.1 Å². The fourth-order valence-electron chi connectivity index (χ4n) is 2.16. The van der Waals surface area contributed by atoms with Gasteiger partial charge in [-0.25, -0.2) is 0 Å². The maximum Gasteiger partial charge on any atom is 0.296 e. The van der Waals surface area contributed by atoms with Crippen molar-refractivity contribution in [3.05, 3.63) is 22.2 Å². The summed E-state index contributed by atoms with van der Waals surface area (Å²) >= 11 is 3.47. The number of hydrogen-bond acceptors (Lipinski definition) is 4. The van der Waals surface area contributed by atoms with Crippen LogP contribution in [0.5, 0.6) is 0 Å². The fraction of sp³-hybridized carbons (Fsp3) is 0.429. The van der Waals surface area contributed by atoms with Crippen molar-refractivity contribution in [1.82, 2.24) is 0 Å². The molecule has 1 aliphatic heterocycles. The molecule has 0 bridgehead atoms. The molecule has 2 rings (SSSR count).